The van der Waals surface area contributed by atoms with Gasteiger partial charge in [0, 0.05) is 0 Å². The van der Waals surface area contributed by atoms with E-state index < -0.39 is 7.26 Å². The van der Waals surface area contributed by atoms with Gasteiger partial charge in [0.2, 0.25) is 0 Å². The third kappa shape index (κ3) is 2.98. The Labute approximate surface area is 143 Å². The summed E-state index contributed by atoms with van der Waals surface area (Å²) in [6.45, 7) is 2.32. The van der Waals surface area contributed by atoms with Crippen molar-refractivity contribution < 1.29 is 9.53 Å². The molecule has 2 nitrogen and oxygen atoms in total. The van der Waals surface area contributed by atoms with Crippen LogP contribution in [0.2, 0.25) is 0 Å². The molecule has 0 aliphatic heterocycles. The topological polar surface area (TPSA) is 26.3 Å². The Morgan fingerprint density at radius 3 is 1.54 bits per heavy atom. The summed E-state index contributed by atoms with van der Waals surface area (Å²) in [6.07, 6.45) is 0. The van der Waals surface area contributed by atoms with Crippen LogP contribution in [0.3, 0.4) is 0 Å². The number of carbonyl (C=O) groups excluding carboxylic acids is 1. The molecule has 0 heterocycles. The van der Waals surface area contributed by atoms with Crippen LogP contribution in [0.25, 0.3) is 0 Å². The second-order valence-corrected chi connectivity index (χ2v) is 9.28. The maximum absolute atomic E-state index is 11.7. The predicted octanol–water partition coefficient (Wildman–Crippen LogP) is 3.40. The van der Waals surface area contributed by atoms with Gasteiger partial charge < -0.3 is 4.74 Å². The molecule has 0 atom stereocenters. The molecule has 0 aliphatic carbocycles. The summed E-state index contributed by atoms with van der Waals surface area (Å²) >= 11 is 0. The minimum atomic E-state index is -1.74. The van der Waals surface area contributed by atoms with E-state index in [1.165, 1.54) is 23.0 Å². The van der Waals surface area contributed by atoms with Crippen molar-refractivity contribution in [3.05, 3.63) is 90.5 Å². The SMILES string of the molecule is COC(=O)c1ccc([P+](C)(c2ccccc2)c2ccccc2)cc1. The summed E-state index contributed by atoms with van der Waals surface area (Å²) in [4.78, 5) is 11.7. The summed E-state index contributed by atoms with van der Waals surface area (Å²) in [5.74, 6) is -0.305. The van der Waals surface area contributed by atoms with Gasteiger partial charge in [-0.25, -0.2) is 4.79 Å². The molecular weight excluding hydrogens is 315 g/mol. The van der Waals surface area contributed by atoms with Crippen LogP contribution in [-0.2, 0) is 4.74 Å². The van der Waals surface area contributed by atoms with E-state index >= 15 is 0 Å². The molecule has 24 heavy (non-hydrogen) atoms. The molecule has 0 aromatic heterocycles. The Hall–Kier alpha value is -2.44. The van der Waals surface area contributed by atoms with Crippen LogP contribution >= 0.6 is 7.26 Å². The lowest BCUT2D eigenvalue weighted by Gasteiger charge is -2.23. The van der Waals surface area contributed by atoms with Gasteiger partial charge in [-0.15, -0.1) is 0 Å². The van der Waals surface area contributed by atoms with Crippen molar-refractivity contribution in [2.75, 3.05) is 13.8 Å². The second-order valence-electron chi connectivity index (χ2n) is 5.72. The van der Waals surface area contributed by atoms with Crippen molar-refractivity contribution >= 4 is 29.1 Å². The lowest BCUT2D eigenvalue weighted by molar-refractivity contribution is 0.0601. The van der Waals surface area contributed by atoms with Crippen LogP contribution in [0.4, 0.5) is 0 Å². The predicted molar refractivity (Wildman–Crippen MR) is 102 cm³/mol. The number of methoxy groups -OCH3 is 1. The van der Waals surface area contributed by atoms with Gasteiger partial charge in [0.1, 0.15) is 23.2 Å². The number of ether oxygens (including phenoxy) is 1. The number of benzene rings is 3. The second kappa shape index (κ2) is 6.98. The van der Waals surface area contributed by atoms with Crippen molar-refractivity contribution in [1.82, 2.24) is 0 Å². The fraction of sp³-hybridized carbons (Fsp3) is 0.0952. The van der Waals surface area contributed by atoms with Crippen LogP contribution in [0.5, 0.6) is 0 Å². The molecule has 0 radical (unpaired) electrons. The van der Waals surface area contributed by atoms with E-state index in [4.69, 9.17) is 4.74 Å². The number of rotatable bonds is 4. The van der Waals surface area contributed by atoms with E-state index in [0.29, 0.717) is 5.56 Å². The van der Waals surface area contributed by atoms with Crippen LogP contribution in [0.15, 0.2) is 84.9 Å². The Morgan fingerprint density at radius 1 is 0.708 bits per heavy atom. The molecule has 0 aliphatic rings. The van der Waals surface area contributed by atoms with Crippen LogP contribution in [0, 0.1) is 0 Å². The van der Waals surface area contributed by atoms with E-state index in [2.05, 4.69) is 67.3 Å². The zero-order chi connectivity index (χ0) is 17.0. The Bertz CT molecular complexity index is 772. The highest BCUT2D eigenvalue weighted by Crippen LogP contribution is 2.51. The summed E-state index contributed by atoms with van der Waals surface area (Å²) < 4.78 is 4.80. The van der Waals surface area contributed by atoms with E-state index in [0.717, 1.165) is 0 Å². The normalized spacial score (nSPS) is 11.1. The standard InChI is InChI=1S/C21H20O2P/c1-23-21(22)17-13-15-20(16-14-17)24(2,18-9-5-3-6-10-18)19-11-7-4-8-12-19/h3-16H,1-2H3/q+1. The highest BCUT2D eigenvalue weighted by atomic mass is 31.2. The van der Waals surface area contributed by atoms with Gasteiger partial charge in [0.15, 0.2) is 0 Å². The molecule has 0 bridgehead atoms. The molecule has 3 rings (SSSR count). The maximum atomic E-state index is 11.7. The summed E-state index contributed by atoms with van der Waals surface area (Å²) in [7, 11) is -0.333. The molecule has 0 spiro atoms. The van der Waals surface area contributed by atoms with Gasteiger partial charge in [0.05, 0.1) is 19.3 Å². The Morgan fingerprint density at radius 2 is 1.12 bits per heavy atom. The van der Waals surface area contributed by atoms with Gasteiger partial charge in [0.25, 0.3) is 0 Å². The van der Waals surface area contributed by atoms with Crippen molar-refractivity contribution in [2.24, 2.45) is 0 Å². The zero-order valence-corrected chi connectivity index (χ0v) is 14.7. The Kier molecular flexibility index (Phi) is 4.78. The van der Waals surface area contributed by atoms with Crippen LogP contribution in [0.1, 0.15) is 10.4 Å². The third-order valence-corrected chi connectivity index (χ3v) is 8.34. The van der Waals surface area contributed by atoms with E-state index in [-0.39, 0.29) is 5.97 Å². The molecule has 0 saturated carbocycles. The molecule has 3 aromatic carbocycles. The first-order valence-corrected chi connectivity index (χ1v) is 10.1. The fourth-order valence-corrected chi connectivity index (χ4v) is 6.09. The molecule has 0 fully saturated rings. The maximum Gasteiger partial charge on any atom is 0.337 e. The van der Waals surface area contributed by atoms with Crippen molar-refractivity contribution in [3.8, 4) is 0 Å². The van der Waals surface area contributed by atoms with Gasteiger partial charge >= 0.3 is 5.97 Å². The summed E-state index contributed by atoms with van der Waals surface area (Å²) in [5, 5.41) is 3.89. The summed E-state index contributed by atoms with van der Waals surface area (Å²) in [5.41, 5.74) is 0.578. The largest absolute Gasteiger partial charge is 0.465 e. The summed E-state index contributed by atoms with van der Waals surface area (Å²) in [6, 6.07) is 29.0. The number of carbonyl (C=O) groups is 1. The highest BCUT2D eigenvalue weighted by Gasteiger charge is 2.39. The lowest BCUT2D eigenvalue weighted by atomic mass is 10.2. The van der Waals surface area contributed by atoms with Gasteiger partial charge in [-0.05, 0) is 48.5 Å². The first-order chi connectivity index (χ1) is 11.7. The molecule has 3 aromatic rings. The number of hydrogen-bond donors (Lipinski definition) is 0. The third-order valence-electron chi connectivity index (χ3n) is 4.35. The van der Waals surface area contributed by atoms with Crippen LogP contribution < -0.4 is 15.9 Å². The minimum absolute atomic E-state index is 0.305. The van der Waals surface area contributed by atoms with Crippen molar-refractivity contribution in [2.45, 2.75) is 0 Å². The smallest absolute Gasteiger partial charge is 0.337 e. The Balaban J connectivity index is 2.14. The first-order valence-electron chi connectivity index (χ1n) is 7.83. The van der Waals surface area contributed by atoms with E-state index in [1.807, 2.05) is 24.3 Å². The molecule has 0 amide bonds. The average Bonchev–Trinajstić information content (AvgIpc) is 2.68. The monoisotopic (exact) mass is 335 g/mol. The molecule has 0 N–H and O–H groups in total. The van der Waals surface area contributed by atoms with Gasteiger partial charge in [-0.3, -0.25) is 0 Å². The minimum Gasteiger partial charge on any atom is -0.465 e. The van der Waals surface area contributed by atoms with E-state index in [9.17, 15) is 4.79 Å². The molecule has 0 unspecified atom stereocenters. The van der Waals surface area contributed by atoms with E-state index in [1.54, 1.807) is 0 Å². The quantitative estimate of drug-likeness (QED) is 0.540. The molecule has 3 heteroatoms. The average molecular weight is 335 g/mol. The van der Waals surface area contributed by atoms with Gasteiger partial charge in [-0.1, -0.05) is 36.4 Å². The molecule has 120 valence electrons. The first kappa shape index (κ1) is 16.4. The van der Waals surface area contributed by atoms with Crippen molar-refractivity contribution in [1.29, 1.82) is 0 Å². The fourth-order valence-electron chi connectivity index (χ4n) is 2.91. The zero-order valence-electron chi connectivity index (χ0n) is 13.8. The number of esters is 1. The molecular formula is C21H20O2P+. The number of hydrogen-bond acceptors (Lipinski definition) is 2. The highest BCUT2D eigenvalue weighted by molar-refractivity contribution is 7.95. The lowest BCUT2D eigenvalue weighted by Crippen LogP contribution is -2.30. The van der Waals surface area contributed by atoms with Crippen LogP contribution in [-0.4, -0.2) is 19.7 Å². The van der Waals surface area contributed by atoms with Crippen molar-refractivity contribution in [3.63, 3.8) is 0 Å². The van der Waals surface area contributed by atoms with Gasteiger partial charge in [-0.2, -0.15) is 0 Å². The molecule has 0 saturated heterocycles.